The van der Waals surface area contributed by atoms with E-state index in [9.17, 15) is 14.3 Å². The molecule has 1 aliphatic heterocycles. The van der Waals surface area contributed by atoms with Crippen LogP contribution < -0.4 is 0 Å². The number of nitrogens with zero attached hydrogens (tertiary/aromatic N) is 1. The molecule has 0 unspecified atom stereocenters. The number of amides is 1. The molecule has 1 amide bonds. The lowest BCUT2D eigenvalue weighted by Gasteiger charge is -2.39. The molecule has 1 fully saturated rings. The summed E-state index contributed by atoms with van der Waals surface area (Å²) in [5, 5.41) is 11.5. The fraction of sp³-hybridized carbons (Fsp3) is 0.458. The van der Waals surface area contributed by atoms with Crippen LogP contribution in [-0.2, 0) is 10.3 Å². The summed E-state index contributed by atoms with van der Waals surface area (Å²) in [6.07, 6.45) is 0.530. The molecule has 0 atom stereocenters. The van der Waals surface area contributed by atoms with Crippen molar-refractivity contribution >= 4 is 17.9 Å². The highest BCUT2D eigenvalue weighted by Gasteiger charge is 2.38. The van der Waals surface area contributed by atoms with Gasteiger partial charge >= 0.3 is 6.09 Å². The van der Waals surface area contributed by atoms with Gasteiger partial charge in [0.15, 0.2) is 0 Å². The standard InChI is InChI=1S/C24H30FNO3S/c1-16-6-8-21(30-20-9-7-18(25)15-17(20)2)19(14-16)24(28)10-12-26(13-11-24)22(27)29-23(3,4)5/h6-9,14-15,28H,10-13H2,1-5H3. The van der Waals surface area contributed by atoms with E-state index in [0.29, 0.717) is 25.9 Å². The highest BCUT2D eigenvalue weighted by molar-refractivity contribution is 7.99. The number of aryl methyl sites for hydroxylation is 2. The third-order valence-corrected chi connectivity index (χ3v) is 6.49. The Balaban J connectivity index is 1.82. The van der Waals surface area contributed by atoms with Crippen LogP contribution in [0.25, 0.3) is 0 Å². The second-order valence-corrected chi connectivity index (χ2v) is 10.1. The molecule has 0 bridgehead atoms. The number of ether oxygens (including phenoxy) is 1. The van der Waals surface area contributed by atoms with E-state index in [4.69, 9.17) is 4.74 Å². The van der Waals surface area contributed by atoms with Crippen molar-refractivity contribution in [3.8, 4) is 0 Å². The van der Waals surface area contributed by atoms with E-state index in [0.717, 1.165) is 26.5 Å². The first kappa shape index (κ1) is 22.6. The number of halogens is 1. The number of hydrogen-bond donors (Lipinski definition) is 1. The Morgan fingerprint density at radius 2 is 1.73 bits per heavy atom. The first-order valence-corrected chi connectivity index (χ1v) is 11.0. The second kappa shape index (κ2) is 8.60. The Kier molecular flexibility index (Phi) is 6.48. The Labute approximate surface area is 182 Å². The van der Waals surface area contributed by atoms with E-state index in [1.54, 1.807) is 11.0 Å². The zero-order valence-corrected chi connectivity index (χ0v) is 19.1. The molecule has 0 spiro atoms. The Morgan fingerprint density at radius 3 is 2.33 bits per heavy atom. The predicted molar refractivity (Wildman–Crippen MR) is 117 cm³/mol. The summed E-state index contributed by atoms with van der Waals surface area (Å²) in [6.45, 7) is 10.3. The normalized spacial score (nSPS) is 16.4. The number of piperidine rings is 1. The average Bonchev–Trinajstić information content (AvgIpc) is 2.64. The van der Waals surface area contributed by atoms with Crippen LogP contribution in [-0.4, -0.2) is 34.8 Å². The zero-order valence-electron chi connectivity index (χ0n) is 18.3. The average molecular weight is 432 g/mol. The van der Waals surface area contributed by atoms with Crippen LogP contribution in [0.2, 0.25) is 0 Å². The van der Waals surface area contributed by atoms with Gasteiger partial charge in [0.05, 0.1) is 5.60 Å². The van der Waals surface area contributed by atoms with Crippen molar-refractivity contribution < 1.29 is 19.0 Å². The third-order valence-electron chi connectivity index (χ3n) is 5.24. The topological polar surface area (TPSA) is 49.8 Å². The van der Waals surface area contributed by atoms with E-state index in [-0.39, 0.29) is 11.9 Å². The van der Waals surface area contributed by atoms with Crippen molar-refractivity contribution in [2.45, 2.75) is 68.5 Å². The van der Waals surface area contributed by atoms with E-state index in [1.165, 1.54) is 23.9 Å². The molecule has 2 aromatic rings. The smallest absolute Gasteiger partial charge is 0.410 e. The SMILES string of the molecule is Cc1ccc(Sc2ccc(F)cc2C)c(C2(O)CCN(C(=O)OC(C)(C)C)CC2)c1. The Morgan fingerprint density at radius 1 is 1.10 bits per heavy atom. The van der Waals surface area contributed by atoms with Crippen LogP contribution in [0.15, 0.2) is 46.2 Å². The van der Waals surface area contributed by atoms with Gasteiger partial charge in [-0.2, -0.15) is 0 Å². The summed E-state index contributed by atoms with van der Waals surface area (Å²) in [4.78, 5) is 15.9. The molecule has 6 heteroatoms. The van der Waals surface area contributed by atoms with Crippen LogP contribution in [0.4, 0.5) is 9.18 Å². The lowest BCUT2D eigenvalue weighted by Crippen LogP contribution is -2.47. The second-order valence-electron chi connectivity index (χ2n) is 9.01. The van der Waals surface area contributed by atoms with Gasteiger partial charge in [0.2, 0.25) is 0 Å². The summed E-state index contributed by atoms with van der Waals surface area (Å²) < 4.78 is 18.9. The number of rotatable bonds is 3. The van der Waals surface area contributed by atoms with Gasteiger partial charge in [-0.15, -0.1) is 0 Å². The number of likely N-dealkylation sites (tertiary alicyclic amines) is 1. The van der Waals surface area contributed by atoms with Gasteiger partial charge in [0.1, 0.15) is 11.4 Å². The van der Waals surface area contributed by atoms with Crippen molar-refractivity contribution in [1.82, 2.24) is 4.90 Å². The first-order valence-electron chi connectivity index (χ1n) is 10.2. The van der Waals surface area contributed by atoms with Gasteiger partial charge in [-0.3, -0.25) is 0 Å². The summed E-state index contributed by atoms with van der Waals surface area (Å²) in [6, 6.07) is 10.8. The van der Waals surface area contributed by atoms with Crippen molar-refractivity contribution in [3.63, 3.8) is 0 Å². The monoisotopic (exact) mass is 431 g/mol. The van der Waals surface area contributed by atoms with Gasteiger partial charge in [-0.25, -0.2) is 9.18 Å². The highest BCUT2D eigenvalue weighted by Crippen LogP contribution is 2.42. The van der Waals surface area contributed by atoms with E-state index in [1.807, 2.05) is 52.8 Å². The highest BCUT2D eigenvalue weighted by atomic mass is 32.2. The lowest BCUT2D eigenvalue weighted by atomic mass is 9.84. The van der Waals surface area contributed by atoms with Crippen LogP contribution >= 0.6 is 11.8 Å². The molecule has 4 nitrogen and oxygen atoms in total. The van der Waals surface area contributed by atoms with Crippen LogP contribution in [0.1, 0.15) is 50.3 Å². The number of carbonyl (C=O) groups is 1. The number of hydrogen-bond acceptors (Lipinski definition) is 4. The zero-order chi connectivity index (χ0) is 22.1. The van der Waals surface area contributed by atoms with Crippen molar-refractivity contribution in [3.05, 3.63) is 58.9 Å². The maximum atomic E-state index is 13.5. The van der Waals surface area contributed by atoms with Gasteiger partial charge < -0.3 is 14.7 Å². The van der Waals surface area contributed by atoms with Gasteiger partial charge in [-0.05, 0) is 82.9 Å². The van der Waals surface area contributed by atoms with Gasteiger partial charge in [-0.1, -0.05) is 29.5 Å². The minimum Gasteiger partial charge on any atom is -0.444 e. The van der Waals surface area contributed by atoms with Gasteiger partial charge in [0.25, 0.3) is 0 Å². The molecule has 30 heavy (non-hydrogen) atoms. The predicted octanol–water partition coefficient (Wildman–Crippen LogP) is 5.81. The molecular formula is C24H30FNO3S. The van der Waals surface area contributed by atoms with Crippen LogP contribution in [0.5, 0.6) is 0 Å². The minimum absolute atomic E-state index is 0.255. The van der Waals surface area contributed by atoms with Crippen molar-refractivity contribution in [1.29, 1.82) is 0 Å². The molecule has 1 N–H and O–H groups in total. The fourth-order valence-electron chi connectivity index (χ4n) is 3.60. The van der Waals surface area contributed by atoms with E-state index < -0.39 is 11.2 Å². The summed E-state index contributed by atoms with van der Waals surface area (Å²) in [5.41, 5.74) is 1.21. The molecule has 0 aromatic heterocycles. The molecule has 0 radical (unpaired) electrons. The molecule has 162 valence electrons. The van der Waals surface area contributed by atoms with Crippen LogP contribution in [0, 0.1) is 19.7 Å². The van der Waals surface area contributed by atoms with E-state index >= 15 is 0 Å². The largest absolute Gasteiger partial charge is 0.444 e. The van der Waals surface area contributed by atoms with Crippen molar-refractivity contribution in [2.75, 3.05) is 13.1 Å². The first-order chi connectivity index (χ1) is 14.0. The Bertz CT molecular complexity index is 931. The molecular weight excluding hydrogens is 401 g/mol. The maximum absolute atomic E-state index is 13.5. The maximum Gasteiger partial charge on any atom is 0.410 e. The number of benzene rings is 2. The van der Waals surface area contributed by atoms with E-state index in [2.05, 4.69) is 0 Å². The molecule has 2 aromatic carbocycles. The Hall–Kier alpha value is -2.05. The molecule has 1 aliphatic rings. The molecule has 1 heterocycles. The van der Waals surface area contributed by atoms with Gasteiger partial charge in [0, 0.05) is 22.9 Å². The van der Waals surface area contributed by atoms with Crippen molar-refractivity contribution in [2.24, 2.45) is 0 Å². The van der Waals surface area contributed by atoms with Crippen LogP contribution in [0.3, 0.4) is 0 Å². The lowest BCUT2D eigenvalue weighted by molar-refractivity contribution is -0.0371. The summed E-state index contributed by atoms with van der Waals surface area (Å²) in [7, 11) is 0. The quantitative estimate of drug-likeness (QED) is 0.666. The molecule has 0 saturated carbocycles. The minimum atomic E-state index is -1.03. The fourth-order valence-corrected chi connectivity index (χ4v) is 4.69. The molecule has 1 saturated heterocycles. The number of aliphatic hydroxyl groups is 1. The number of carbonyl (C=O) groups excluding carboxylic acids is 1. The summed E-state index contributed by atoms with van der Waals surface area (Å²) >= 11 is 1.53. The third kappa shape index (κ3) is 5.35. The molecule has 0 aliphatic carbocycles. The summed E-state index contributed by atoms with van der Waals surface area (Å²) in [5.74, 6) is -0.255. The molecule has 3 rings (SSSR count).